The Balaban J connectivity index is 3.59. The van der Waals surface area contributed by atoms with Crippen molar-refractivity contribution in [3.8, 4) is 0 Å². The number of rotatable bonds is 21. The fraction of sp³-hybridized carbons (Fsp3) is 0.952. The summed E-state index contributed by atoms with van der Waals surface area (Å²) in [6.45, 7) is 10.2. The average Bonchev–Trinajstić information content (AvgIpc) is 2.67. The second kappa shape index (κ2) is 20.7. The summed E-state index contributed by atoms with van der Waals surface area (Å²) in [4.78, 5) is 11.7. The molecule has 0 rings (SSSR count). The summed E-state index contributed by atoms with van der Waals surface area (Å²) >= 11 is 3.56. The largest absolute Gasteiger partial charge is 0.500 e. The van der Waals surface area contributed by atoms with Crippen LogP contribution in [0.4, 0.5) is 0 Å². The van der Waals surface area contributed by atoms with Crippen LogP contribution in [0.3, 0.4) is 0 Å². The zero-order valence-electron chi connectivity index (χ0n) is 18.8. The van der Waals surface area contributed by atoms with Crippen LogP contribution in [-0.4, -0.2) is 51.0 Å². The first-order valence-corrected chi connectivity index (χ1v) is 15.4. The number of unbranched alkanes of at least 4 members (excludes halogenated alkanes) is 5. The van der Waals surface area contributed by atoms with Crippen molar-refractivity contribution in [2.75, 3.05) is 37.1 Å². The second-order valence-electron chi connectivity index (χ2n) is 6.79. The van der Waals surface area contributed by atoms with E-state index in [1.807, 2.05) is 32.5 Å². The van der Waals surface area contributed by atoms with Crippen molar-refractivity contribution in [1.82, 2.24) is 0 Å². The molecular weight excluding hydrogens is 408 g/mol. The van der Waals surface area contributed by atoms with Gasteiger partial charge in [-0.15, -0.1) is 0 Å². The minimum Gasteiger partial charge on any atom is -0.374 e. The fourth-order valence-corrected chi connectivity index (χ4v) is 7.63. The van der Waals surface area contributed by atoms with Gasteiger partial charge in [0.05, 0.1) is 0 Å². The van der Waals surface area contributed by atoms with Gasteiger partial charge < -0.3 is 13.3 Å². The first-order valence-electron chi connectivity index (χ1n) is 11.3. The lowest BCUT2D eigenvalue weighted by Crippen LogP contribution is -2.46. The summed E-state index contributed by atoms with van der Waals surface area (Å²) in [6.07, 6.45) is 10.2. The maximum atomic E-state index is 11.7. The molecule has 7 heteroatoms. The Morgan fingerprint density at radius 2 is 1.29 bits per heavy atom. The molecule has 0 fully saturated rings. The Hall–Kier alpha value is 0.467. The van der Waals surface area contributed by atoms with Crippen LogP contribution in [0, 0.1) is 0 Å². The second-order valence-corrected chi connectivity index (χ2v) is 11.9. The van der Waals surface area contributed by atoms with Gasteiger partial charge in [0, 0.05) is 38.0 Å². The lowest BCUT2D eigenvalue weighted by atomic mass is 10.2. The van der Waals surface area contributed by atoms with Gasteiger partial charge in [0.15, 0.2) is 5.12 Å². The van der Waals surface area contributed by atoms with Gasteiger partial charge in [0.2, 0.25) is 0 Å². The van der Waals surface area contributed by atoms with E-state index in [0.717, 1.165) is 36.8 Å². The number of carbonyl (C=O) groups is 1. The molecule has 0 aliphatic rings. The van der Waals surface area contributed by atoms with E-state index in [-0.39, 0.29) is 0 Å². The summed E-state index contributed by atoms with van der Waals surface area (Å²) in [5.41, 5.74) is 0. The maximum Gasteiger partial charge on any atom is 0.500 e. The van der Waals surface area contributed by atoms with Gasteiger partial charge in [0.1, 0.15) is 0 Å². The third kappa shape index (κ3) is 16.3. The summed E-state index contributed by atoms with van der Waals surface area (Å²) in [5, 5.41) is 0.384. The van der Waals surface area contributed by atoms with Crippen LogP contribution in [0.15, 0.2) is 0 Å². The number of carbonyl (C=O) groups excluding carboxylic acids is 1. The van der Waals surface area contributed by atoms with Crippen LogP contribution in [0.5, 0.6) is 0 Å². The quantitative estimate of drug-likeness (QED) is 0.145. The highest BCUT2D eigenvalue weighted by Crippen LogP contribution is 2.20. The zero-order valence-corrected chi connectivity index (χ0v) is 21.4. The highest BCUT2D eigenvalue weighted by molar-refractivity contribution is 8.13. The first kappa shape index (κ1) is 28.5. The van der Waals surface area contributed by atoms with Crippen LogP contribution in [0.1, 0.15) is 85.5 Å². The van der Waals surface area contributed by atoms with E-state index in [4.69, 9.17) is 13.3 Å². The Bertz CT molecular complexity index is 342. The van der Waals surface area contributed by atoms with Gasteiger partial charge in [-0.3, -0.25) is 4.79 Å². The van der Waals surface area contributed by atoms with Crippen molar-refractivity contribution in [1.29, 1.82) is 0 Å². The van der Waals surface area contributed by atoms with Gasteiger partial charge in [-0.05, 0) is 58.0 Å². The van der Waals surface area contributed by atoms with Crippen molar-refractivity contribution in [2.24, 2.45) is 0 Å². The monoisotopic (exact) mass is 452 g/mol. The SMILES string of the molecule is CCCCCC(=O)SCCCCCCSCCC[Si](OCC)(OCC)OCC. The summed E-state index contributed by atoms with van der Waals surface area (Å²) in [5.74, 6) is 3.36. The zero-order chi connectivity index (χ0) is 20.9. The topological polar surface area (TPSA) is 44.8 Å². The number of thioether (sulfide) groups is 2. The van der Waals surface area contributed by atoms with Gasteiger partial charge in [-0.2, -0.15) is 11.8 Å². The van der Waals surface area contributed by atoms with Crippen molar-refractivity contribution in [3.63, 3.8) is 0 Å². The highest BCUT2D eigenvalue weighted by Gasteiger charge is 2.39. The van der Waals surface area contributed by atoms with Gasteiger partial charge in [-0.25, -0.2) is 0 Å². The van der Waals surface area contributed by atoms with Crippen LogP contribution >= 0.6 is 23.5 Å². The van der Waals surface area contributed by atoms with Crippen molar-refractivity contribution >= 4 is 37.4 Å². The molecule has 0 radical (unpaired) electrons. The van der Waals surface area contributed by atoms with Gasteiger partial charge in [0.25, 0.3) is 0 Å². The molecule has 0 aliphatic carbocycles. The smallest absolute Gasteiger partial charge is 0.374 e. The first-order chi connectivity index (χ1) is 13.6. The summed E-state index contributed by atoms with van der Waals surface area (Å²) < 4.78 is 17.7. The maximum absolute atomic E-state index is 11.7. The highest BCUT2D eigenvalue weighted by atomic mass is 32.2. The van der Waals surface area contributed by atoms with Crippen LogP contribution < -0.4 is 0 Å². The summed E-state index contributed by atoms with van der Waals surface area (Å²) in [7, 11) is -2.45. The molecule has 168 valence electrons. The molecule has 0 heterocycles. The molecule has 0 atom stereocenters. The fourth-order valence-electron chi connectivity index (χ4n) is 2.93. The number of hydrogen-bond acceptors (Lipinski definition) is 6. The number of hydrogen-bond donors (Lipinski definition) is 0. The van der Waals surface area contributed by atoms with Crippen LogP contribution in [-0.2, 0) is 18.1 Å². The molecule has 0 unspecified atom stereocenters. The average molecular weight is 453 g/mol. The minimum absolute atomic E-state index is 0.384. The van der Waals surface area contributed by atoms with Crippen molar-refractivity contribution < 1.29 is 18.1 Å². The van der Waals surface area contributed by atoms with Crippen LogP contribution in [0.2, 0.25) is 6.04 Å². The molecule has 0 aliphatic heterocycles. The molecule has 28 heavy (non-hydrogen) atoms. The van der Waals surface area contributed by atoms with E-state index in [1.165, 1.54) is 56.0 Å². The molecule has 0 aromatic heterocycles. The minimum atomic E-state index is -2.45. The van der Waals surface area contributed by atoms with Gasteiger partial charge in [-0.1, -0.05) is 44.4 Å². The van der Waals surface area contributed by atoms with Crippen LogP contribution in [0.25, 0.3) is 0 Å². The van der Waals surface area contributed by atoms with E-state index < -0.39 is 8.80 Å². The predicted molar refractivity (Wildman–Crippen MR) is 127 cm³/mol. The lowest BCUT2D eigenvalue weighted by molar-refractivity contribution is -0.111. The van der Waals surface area contributed by atoms with E-state index in [2.05, 4.69) is 6.92 Å². The van der Waals surface area contributed by atoms with E-state index >= 15 is 0 Å². The molecule has 0 N–H and O–H groups in total. The molecule has 0 aromatic carbocycles. The lowest BCUT2D eigenvalue weighted by Gasteiger charge is -2.28. The molecule has 0 saturated heterocycles. The Morgan fingerprint density at radius 1 is 0.714 bits per heavy atom. The third-order valence-corrected chi connectivity index (χ3v) is 9.62. The molecular formula is C21H44O4S2Si. The Labute approximate surface area is 184 Å². The molecule has 4 nitrogen and oxygen atoms in total. The third-order valence-electron chi connectivity index (χ3n) is 4.29. The molecule has 0 bridgehead atoms. The molecule has 0 aromatic rings. The standard InChI is InChI=1S/C21H44O4S2Si/c1-5-9-12-16-21(22)27-19-14-11-10-13-17-26-18-15-20-28(23-6-2,24-7-3)25-8-4/h5-20H2,1-4H3. The van der Waals surface area contributed by atoms with E-state index in [9.17, 15) is 4.79 Å². The molecule has 0 saturated carbocycles. The van der Waals surface area contributed by atoms with Gasteiger partial charge >= 0.3 is 8.80 Å². The predicted octanol–water partition coefficient (Wildman–Crippen LogP) is 6.56. The van der Waals surface area contributed by atoms with Crippen molar-refractivity contribution in [2.45, 2.75) is 91.5 Å². The Kier molecular flexibility index (Phi) is 21.1. The Morgan fingerprint density at radius 3 is 1.86 bits per heavy atom. The van der Waals surface area contributed by atoms with E-state index in [0.29, 0.717) is 24.9 Å². The molecule has 0 spiro atoms. The normalized spacial score (nSPS) is 11.9. The van der Waals surface area contributed by atoms with E-state index in [1.54, 1.807) is 0 Å². The molecule has 0 amide bonds. The van der Waals surface area contributed by atoms with Crippen molar-refractivity contribution in [3.05, 3.63) is 0 Å². The summed E-state index contributed by atoms with van der Waals surface area (Å²) in [6, 6.07) is 0.916.